The Labute approximate surface area is 198 Å². The van der Waals surface area contributed by atoms with E-state index in [2.05, 4.69) is 42.0 Å². The molecule has 5 rings (SSSR count). The maximum atomic E-state index is 6.30. The molecule has 170 valence electrons. The molecule has 0 aliphatic carbocycles. The van der Waals surface area contributed by atoms with Gasteiger partial charge in [0.1, 0.15) is 17.2 Å². The lowest BCUT2D eigenvalue weighted by Crippen LogP contribution is -2.29. The molecule has 1 N–H and O–H groups in total. The molecule has 0 bridgehead atoms. The minimum atomic E-state index is -0.0329. The van der Waals surface area contributed by atoms with E-state index in [4.69, 9.17) is 14.1 Å². The highest BCUT2D eigenvalue weighted by Crippen LogP contribution is 2.37. The third-order valence-electron chi connectivity index (χ3n) is 5.68. The lowest BCUT2D eigenvalue weighted by Gasteiger charge is -2.24. The summed E-state index contributed by atoms with van der Waals surface area (Å²) >= 11 is 1.69. The van der Waals surface area contributed by atoms with Crippen LogP contribution in [0.5, 0.6) is 11.6 Å². The fourth-order valence-electron chi connectivity index (χ4n) is 4.02. The van der Waals surface area contributed by atoms with Gasteiger partial charge in [0.2, 0.25) is 5.88 Å². The van der Waals surface area contributed by atoms with Gasteiger partial charge in [0.25, 0.3) is 0 Å². The predicted molar refractivity (Wildman–Crippen MR) is 131 cm³/mol. The number of benzene rings is 1. The van der Waals surface area contributed by atoms with Crippen molar-refractivity contribution in [3.63, 3.8) is 0 Å². The largest absolute Gasteiger partial charge is 0.468 e. The minimum Gasteiger partial charge on any atom is -0.468 e. The van der Waals surface area contributed by atoms with Gasteiger partial charge in [0.15, 0.2) is 5.13 Å². The van der Waals surface area contributed by atoms with E-state index in [9.17, 15) is 0 Å². The zero-order valence-electron chi connectivity index (χ0n) is 19.2. The van der Waals surface area contributed by atoms with Crippen molar-refractivity contribution in [3.8, 4) is 11.6 Å². The van der Waals surface area contributed by atoms with E-state index in [0.29, 0.717) is 5.88 Å². The normalized spacial score (nSPS) is 14.2. The fraction of sp³-hybridized carbons (Fsp3) is 0.308. The summed E-state index contributed by atoms with van der Waals surface area (Å²) in [5, 5.41) is 4.31. The fourth-order valence-corrected chi connectivity index (χ4v) is 5.08. The van der Waals surface area contributed by atoms with Crippen LogP contribution in [0, 0.1) is 0 Å². The molecule has 0 amide bonds. The molecule has 33 heavy (non-hydrogen) atoms. The topological polar surface area (TPSA) is 63.4 Å². The van der Waals surface area contributed by atoms with Gasteiger partial charge in [-0.3, -0.25) is 4.90 Å². The first-order valence-corrected chi connectivity index (χ1v) is 12.0. The molecule has 7 heteroatoms. The van der Waals surface area contributed by atoms with E-state index in [1.807, 2.05) is 42.5 Å². The summed E-state index contributed by atoms with van der Waals surface area (Å²) in [6.45, 7) is 9.22. The number of thiazole rings is 1. The van der Waals surface area contributed by atoms with Crippen molar-refractivity contribution in [2.45, 2.75) is 45.7 Å². The number of hydrogen-bond donors (Lipinski definition) is 1. The molecule has 0 saturated carbocycles. The SMILES string of the molecule is CC(C)(C)c1ccccc1Oc1ncccc1Nc1nc2c(s1)CN(Cc1ccco1)CC2. The Balaban J connectivity index is 1.34. The van der Waals surface area contributed by atoms with Gasteiger partial charge in [0.05, 0.1) is 18.5 Å². The predicted octanol–water partition coefficient (Wildman–Crippen LogP) is 6.52. The van der Waals surface area contributed by atoms with Gasteiger partial charge in [0, 0.05) is 36.1 Å². The van der Waals surface area contributed by atoms with E-state index in [1.165, 1.54) is 10.6 Å². The highest BCUT2D eigenvalue weighted by Gasteiger charge is 2.23. The standard InChI is InChI=1S/C26H28N4O2S/c1-26(2,3)19-9-4-5-11-22(19)32-24-21(10-6-13-27-24)29-25-28-20-12-14-30(17-23(20)33-25)16-18-8-7-15-31-18/h4-11,13,15H,12,14,16-17H2,1-3H3,(H,28,29). The average molecular weight is 461 g/mol. The molecule has 1 aromatic carbocycles. The van der Waals surface area contributed by atoms with Crippen molar-refractivity contribution < 1.29 is 9.15 Å². The van der Waals surface area contributed by atoms with Crippen LogP contribution in [0.2, 0.25) is 0 Å². The average Bonchev–Trinajstić information content (AvgIpc) is 3.44. The number of nitrogens with zero attached hydrogens (tertiary/aromatic N) is 3. The molecule has 1 aliphatic heterocycles. The number of fused-ring (bicyclic) bond motifs is 1. The third kappa shape index (κ3) is 4.94. The minimum absolute atomic E-state index is 0.0329. The Morgan fingerprint density at radius 1 is 1.12 bits per heavy atom. The Bertz CT molecular complexity index is 1230. The zero-order chi connectivity index (χ0) is 22.8. The summed E-state index contributed by atoms with van der Waals surface area (Å²) in [6, 6.07) is 16.0. The number of hydrogen-bond acceptors (Lipinski definition) is 7. The monoisotopic (exact) mass is 460 g/mol. The molecule has 0 unspecified atom stereocenters. The number of furan rings is 1. The summed E-state index contributed by atoms with van der Waals surface area (Å²) in [7, 11) is 0. The molecule has 3 aromatic heterocycles. The number of aromatic nitrogens is 2. The first-order valence-electron chi connectivity index (χ1n) is 11.2. The van der Waals surface area contributed by atoms with Gasteiger partial charge in [-0.15, -0.1) is 11.3 Å². The van der Waals surface area contributed by atoms with E-state index in [0.717, 1.165) is 53.9 Å². The third-order valence-corrected chi connectivity index (χ3v) is 6.68. The lowest BCUT2D eigenvalue weighted by atomic mass is 9.86. The Morgan fingerprint density at radius 3 is 2.82 bits per heavy atom. The Morgan fingerprint density at radius 2 is 2.00 bits per heavy atom. The number of pyridine rings is 1. The van der Waals surface area contributed by atoms with Crippen molar-refractivity contribution in [1.29, 1.82) is 0 Å². The molecule has 0 saturated heterocycles. The maximum Gasteiger partial charge on any atom is 0.243 e. The van der Waals surface area contributed by atoms with Crippen LogP contribution in [-0.4, -0.2) is 21.4 Å². The number of para-hydroxylation sites is 1. The molecule has 1 aliphatic rings. The molecule has 4 heterocycles. The zero-order valence-corrected chi connectivity index (χ0v) is 20.0. The first-order chi connectivity index (χ1) is 16.0. The highest BCUT2D eigenvalue weighted by atomic mass is 32.1. The van der Waals surface area contributed by atoms with Crippen LogP contribution >= 0.6 is 11.3 Å². The van der Waals surface area contributed by atoms with Crippen molar-refractivity contribution >= 4 is 22.2 Å². The van der Waals surface area contributed by atoms with Crippen LogP contribution in [0.4, 0.5) is 10.8 Å². The summed E-state index contributed by atoms with van der Waals surface area (Å²) in [6.07, 6.45) is 4.41. The highest BCUT2D eigenvalue weighted by molar-refractivity contribution is 7.15. The van der Waals surface area contributed by atoms with Crippen LogP contribution in [0.25, 0.3) is 0 Å². The van der Waals surface area contributed by atoms with Gasteiger partial charge in [-0.1, -0.05) is 39.0 Å². The van der Waals surface area contributed by atoms with Gasteiger partial charge in [-0.25, -0.2) is 9.97 Å². The van der Waals surface area contributed by atoms with Crippen LogP contribution in [0.1, 0.15) is 42.7 Å². The summed E-state index contributed by atoms with van der Waals surface area (Å²) < 4.78 is 11.8. The molecule has 0 atom stereocenters. The number of ether oxygens (including phenoxy) is 1. The molecular weight excluding hydrogens is 432 g/mol. The molecule has 4 aromatic rings. The smallest absolute Gasteiger partial charge is 0.243 e. The lowest BCUT2D eigenvalue weighted by molar-refractivity contribution is 0.227. The quantitative estimate of drug-likeness (QED) is 0.353. The second-order valence-electron chi connectivity index (χ2n) is 9.26. The van der Waals surface area contributed by atoms with Gasteiger partial charge < -0.3 is 14.5 Å². The summed E-state index contributed by atoms with van der Waals surface area (Å²) in [5.41, 5.74) is 3.08. The molecule has 6 nitrogen and oxygen atoms in total. The first kappa shape index (κ1) is 21.7. The van der Waals surface area contributed by atoms with Crippen LogP contribution in [-0.2, 0) is 24.9 Å². The Kier molecular flexibility index (Phi) is 5.91. The van der Waals surface area contributed by atoms with Gasteiger partial charge >= 0.3 is 0 Å². The van der Waals surface area contributed by atoms with Gasteiger partial charge in [-0.2, -0.15) is 0 Å². The molecule has 0 radical (unpaired) electrons. The summed E-state index contributed by atoms with van der Waals surface area (Å²) in [5.74, 6) is 2.36. The second-order valence-corrected chi connectivity index (χ2v) is 10.3. The van der Waals surface area contributed by atoms with Crippen molar-refractivity contribution in [1.82, 2.24) is 14.9 Å². The van der Waals surface area contributed by atoms with Crippen molar-refractivity contribution in [3.05, 3.63) is 82.9 Å². The van der Waals surface area contributed by atoms with Gasteiger partial charge in [-0.05, 0) is 35.7 Å². The van der Waals surface area contributed by atoms with E-state index in [1.54, 1.807) is 23.8 Å². The number of anilines is 2. The molecule has 0 fully saturated rings. The van der Waals surface area contributed by atoms with Crippen LogP contribution in [0.15, 0.2) is 65.4 Å². The van der Waals surface area contributed by atoms with Crippen molar-refractivity contribution in [2.24, 2.45) is 0 Å². The van der Waals surface area contributed by atoms with E-state index >= 15 is 0 Å². The number of nitrogens with one attached hydrogen (secondary N) is 1. The second kappa shape index (κ2) is 9.00. The van der Waals surface area contributed by atoms with Crippen LogP contribution in [0.3, 0.4) is 0 Å². The number of rotatable bonds is 6. The van der Waals surface area contributed by atoms with Crippen LogP contribution < -0.4 is 10.1 Å². The maximum absolute atomic E-state index is 6.30. The molecule has 0 spiro atoms. The summed E-state index contributed by atoms with van der Waals surface area (Å²) in [4.78, 5) is 13.0. The molecular formula is C26H28N4O2S. The Hall–Kier alpha value is -3.16. The van der Waals surface area contributed by atoms with Crippen molar-refractivity contribution in [2.75, 3.05) is 11.9 Å². The van der Waals surface area contributed by atoms with E-state index < -0.39 is 0 Å². The van der Waals surface area contributed by atoms with E-state index in [-0.39, 0.29) is 5.41 Å².